The van der Waals surface area contributed by atoms with Crippen LogP contribution in [0.15, 0.2) is 12.2 Å². The van der Waals surface area contributed by atoms with Gasteiger partial charge in [-0.15, -0.1) is 0 Å². The van der Waals surface area contributed by atoms with Gasteiger partial charge in [-0.3, -0.25) is 19.4 Å². The lowest BCUT2D eigenvalue weighted by atomic mass is 10.0. The van der Waals surface area contributed by atoms with Gasteiger partial charge in [-0.1, -0.05) is 77.7 Å². The van der Waals surface area contributed by atoms with E-state index in [1.54, 1.807) is 0 Å². The minimum atomic E-state index is -0.608. The first kappa shape index (κ1) is 23.9. The molecule has 1 saturated heterocycles. The first-order valence-corrected chi connectivity index (χ1v) is 11.2. The zero-order valence-electron chi connectivity index (χ0n) is 18.3. The van der Waals surface area contributed by atoms with Gasteiger partial charge in [-0.05, 0) is 39.4 Å². The van der Waals surface area contributed by atoms with Gasteiger partial charge in [0.25, 0.3) is 0 Å². The number of nitrogens with zero attached hydrogens (tertiary/aromatic N) is 2. The average molecular weight is 379 g/mol. The van der Waals surface area contributed by atoms with Crippen molar-refractivity contribution in [3.05, 3.63) is 12.2 Å². The second-order valence-corrected chi connectivity index (χ2v) is 8.12. The highest BCUT2D eigenvalue weighted by Crippen LogP contribution is 2.30. The number of carbonyl (C=O) groups excluding carboxylic acids is 2. The van der Waals surface area contributed by atoms with Crippen LogP contribution in [0, 0.1) is 0 Å². The van der Waals surface area contributed by atoms with E-state index in [1.165, 1.54) is 69.1 Å². The third-order valence-electron chi connectivity index (χ3n) is 5.84. The topological polar surface area (TPSA) is 40.6 Å². The maximum absolute atomic E-state index is 12.3. The minimum Gasteiger partial charge on any atom is -0.283 e. The van der Waals surface area contributed by atoms with E-state index in [0.29, 0.717) is 19.3 Å². The second kappa shape index (κ2) is 13.1. The molecule has 1 rings (SSSR count). The number of unbranched alkanes of at least 4 members (excludes halogenated alkanes) is 10. The SMILES string of the molecule is CCCCCCCCCCCCC=CC(CC)(N(C)C)N1C(=O)CCC1=O. The third-order valence-corrected chi connectivity index (χ3v) is 5.84. The third kappa shape index (κ3) is 7.40. The molecule has 1 aliphatic rings. The number of hydrogen-bond donors (Lipinski definition) is 0. The molecule has 0 saturated carbocycles. The molecule has 4 nitrogen and oxygen atoms in total. The highest BCUT2D eigenvalue weighted by Gasteiger charge is 2.45. The molecule has 156 valence electrons. The van der Waals surface area contributed by atoms with Gasteiger partial charge < -0.3 is 0 Å². The van der Waals surface area contributed by atoms with Gasteiger partial charge in [0.15, 0.2) is 0 Å². The zero-order valence-corrected chi connectivity index (χ0v) is 18.3. The summed E-state index contributed by atoms with van der Waals surface area (Å²) in [6, 6.07) is 0. The van der Waals surface area contributed by atoms with Crippen LogP contribution in [0.25, 0.3) is 0 Å². The van der Waals surface area contributed by atoms with E-state index in [1.807, 2.05) is 25.9 Å². The number of amides is 2. The van der Waals surface area contributed by atoms with Crippen molar-refractivity contribution < 1.29 is 9.59 Å². The zero-order chi connectivity index (χ0) is 20.1. The summed E-state index contributed by atoms with van der Waals surface area (Å²) >= 11 is 0. The van der Waals surface area contributed by atoms with Gasteiger partial charge in [0, 0.05) is 12.8 Å². The standard InChI is InChI=1S/C23H42N2O2/c1-5-7-8-9-10-11-12-13-14-15-16-17-20-23(6-2,24(3)4)25-21(26)18-19-22(25)27/h17,20H,5-16,18-19H2,1-4H3. The lowest BCUT2D eigenvalue weighted by molar-refractivity contribution is -0.150. The molecule has 27 heavy (non-hydrogen) atoms. The summed E-state index contributed by atoms with van der Waals surface area (Å²) < 4.78 is 0. The molecule has 0 spiro atoms. The number of allylic oxidation sites excluding steroid dienone is 1. The van der Waals surface area contributed by atoms with Crippen molar-refractivity contribution in [3.63, 3.8) is 0 Å². The Kier molecular flexibility index (Phi) is 11.6. The smallest absolute Gasteiger partial charge is 0.231 e. The Balaban J connectivity index is 2.34. The predicted octanol–water partition coefficient (Wildman–Crippen LogP) is 5.67. The molecule has 0 aromatic rings. The van der Waals surface area contributed by atoms with Crippen molar-refractivity contribution >= 4 is 11.8 Å². The summed E-state index contributed by atoms with van der Waals surface area (Å²) in [5, 5.41) is 0. The van der Waals surface area contributed by atoms with Crippen LogP contribution in [-0.2, 0) is 9.59 Å². The summed E-state index contributed by atoms with van der Waals surface area (Å²) in [6.45, 7) is 4.31. The fraction of sp³-hybridized carbons (Fsp3) is 0.826. The van der Waals surface area contributed by atoms with Crippen LogP contribution >= 0.6 is 0 Å². The monoisotopic (exact) mass is 378 g/mol. The largest absolute Gasteiger partial charge is 0.283 e. The Bertz CT molecular complexity index is 457. The van der Waals surface area contributed by atoms with Crippen molar-refractivity contribution in [1.82, 2.24) is 9.80 Å². The summed E-state index contributed by atoms with van der Waals surface area (Å²) in [5.41, 5.74) is -0.608. The van der Waals surface area contributed by atoms with Crippen LogP contribution in [0.4, 0.5) is 0 Å². The van der Waals surface area contributed by atoms with Crippen LogP contribution in [0.5, 0.6) is 0 Å². The molecule has 0 bridgehead atoms. The van der Waals surface area contributed by atoms with Crippen molar-refractivity contribution in [2.24, 2.45) is 0 Å². The van der Waals surface area contributed by atoms with E-state index in [0.717, 1.165) is 6.42 Å². The van der Waals surface area contributed by atoms with Gasteiger partial charge >= 0.3 is 0 Å². The Labute approximate surface area is 167 Å². The van der Waals surface area contributed by atoms with Crippen LogP contribution < -0.4 is 0 Å². The quantitative estimate of drug-likeness (QED) is 0.209. The number of likely N-dealkylation sites (tertiary alicyclic amines) is 1. The van der Waals surface area contributed by atoms with Crippen molar-refractivity contribution in [2.75, 3.05) is 14.1 Å². The molecule has 1 aliphatic heterocycles. The maximum atomic E-state index is 12.3. The van der Waals surface area contributed by atoms with Crippen LogP contribution in [0.3, 0.4) is 0 Å². The van der Waals surface area contributed by atoms with Gasteiger partial charge in [0.1, 0.15) is 5.66 Å². The minimum absolute atomic E-state index is 0.0425. The summed E-state index contributed by atoms with van der Waals surface area (Å²) in [6.07, 6.45) is 20.1. The van der Waals surface area contributed by atoms with Crippen molar-refractivity contribution in [1.29, 1.82) is 0 Å². The molecule has 4 heteroatoms. The molecule has 1 heterocycles. The molecule has 1 unspecified atom stereocenters. The lowest BCUT2D eigenvalue weighted by Crippen LogP contribution is -2.58. The lowest BCUT2D eigenvalue weighted by Gasteiger charge is -2.43. The number of carbonyl (C=O) groups is 2. The fourth-order valence-electron chi connectivity index (χ4n) is 4.05. The van der Waals surface area contributed by atoms with E-state index < -0.39 is 5.66 Å². The van der Waals surface area contributed by atoms with Crippen LogP contribution in [0.1, 0.15) is 104 Å². The highest BCUT2D eigenvalue weighted by molar-refractivity contribution is 6.03. The van der Waals surface area contributed by atoms with Gasteiger partial charge in [0.05, 0.1) is 0 Å². The number of imide groups is 1. The van der Waals surface area contributed by atoms with E-state index >= 15 is 0 Å². The molecule has 2 amide bonds. The molecule has 0 radical (unpaired) electrons. The Morgan fingerprint density at radius 3 is 1.78 bits per heavy atom. The van der Waals surface area contributed by atoms with Gasteiger partial charge in [-0.25, -0.2) is 0 Å². The highest BCUT2D eigenvalue weighted by atomic mass is 16.2. The average Bonchev–Trinajstić information content (AvgIpc) is 2.98. The Morgan fingerprint density at radius 1 is 0.852 bits per heavy atom. The molecular weight excluding hydrogens is 336 g/mol. The van der Waals surface area contributed by atoms with Gasteiger partial charge in [0.2, 0.25) is 11.8 Å². The first-order chi connectivity index (χ1) is 13.0. The number of rotatable bonds is 15. The van der Waals surface area contributed by atoms with E-state index in [4.69, 9.17) is 0 Å². The molecule has 0 aliphatic carbocycles. The van der Waals surface area contributed by atoms with E-state index in [-0.39, 0.29) is 11.8 Å². The molecule has 0 N–H and O–H groups in total. The molecule has 1 atom stereocenters. The fourth-order valence-corrected chi connectivity index (χ4v) is 4.05. The Morgan fingerprint density at radius 2 is 1.33 bits per heavy atom. The van der Waals surface area contributed by atoms with Crippen LogP contribution in [-0.4, -0.2) is 41.4 Å². The van der Waals surface area contributed by atoms with E-state index in [9.17, 15) is 9.59 Å². The number of likely N-dealkylation sites (N-methyl/N-ethyl adjacent to an activating group) is 1. The molecule has 1 fully saturated rings. The van der Waals surface area contributed by atoms with Gasteiger partial charge in [-0.2, -0.15) is 0 Å². The van der Waals surface area contributed by atoms with E-state index in [2.05, 4.69) is 19.1 Å². The van der Waals surface area contributed by atoms with Crippen molar-refractivity contribution in [3.8, 4) is 0 Å². The van der Waals surface area contributed by atoms with Crippen LogP contribution in [0.2, 0.25) is 0 Å². The molecule has 0 aromatic carbocycles. The summed E-state index contributed by atoms with van der Waals surface area (Å²) in [7, 11) is 3.90. The normalized spacial score (nSPS) is 17.4. The summed E-state index contributed by atoms with van der Waals surface area (Å²) in [5.74, 6) is -0.0849. The molecular formula is C23H42N2O2. The predicted molar refractivity (Wildman–Crippen MR) is 113 cm³/mol. The second-order valence-electron chi connectivity index (χ2n) is 8.12. The summed E-state index contributed by atoms with van der Waals surface area (Å²) in [4.78, 5) is 28.0. The molecule has 0 aromatic heterocycles. The number of hydrogen-bond acceptors (Lipinski definition) is 3. The Hall–Kier alpha value is -1.16. The first-order valence-electron chi connectivity index (χ1n) is 11.2. The maximum Gasteiger partial charge on any atom is 0.231 e. The van der Waals surface area contributed by atoms with Crippen molar-refractivity contribution in [2.45, 2.75) is 109 Å².